The van der Waals surface area contributed by atoms with Crippen LogP contribution in [0.5, 0.6) is 5.75 Å². The van der Waals surface area contributed by atoms with Crippen LogP contribution in [0, 0.1) is 23.3 Å². The highest BCUT2D eigenvalue weighted by atomic mass is 19.2. The summed E-state index contributed by atoms with van der Waals surface area (Å²) in [6, 6.07) is 8.11. The molecule has 164 valence electrons. The van der Waals surface area contributed by atoms with Crippen molar-refractivity contribution in [2.75, 3.05) is 19.1 Å². The van der Waals surface area contributed by atoms with Gasteiger partial charge in [0.2, 0.25) is 0 Å². The van der Waals surface area contributed by atoms with Crippen LogP contribution in [0.3, 0.4) is 0 Å². The highest BCUT2D eigenvalue weighted by Gasteiger charge is 2.22. The third kappa shape index (κ3) is 3.47. The number of halogens is 4. The number of hydrogen-bond acceptors (Lipinski definition) is 5. The van der Waals surface area contributed by atoms with E-state index in [0.29, 0.717) is 0 Å². The molecule has 0 unspecified atom stereocenters. The SMILES string of the molecule is COc1cccc(F)c1N(C)c1cc(-c2cc(F)c(F)c(F)c2)nc2cc(C(=O)O)nn12. The summed E-state index contributed by atoms with van der Waals surface area (Å²) in [6.45, 7) is 0. The van der Waals surface area contributed by atoms with E-state index in [4.69, 9.17) is 4.74 Å². The van der Waals surface area contributed by atoms with Crippen LogP contribution in [0.1, 0.15) is 10.5 Å². The topological polar surface area (TPSA) is 80.0 Å². The lowest BCUT2D eigenvalue weighted by Crippen LogP contribution is -2.17. The fourth-order valence-electron chi connectivity index (χ4n) is 3.25. The minimum absolute atomic E-state index is 0.00203. The van der Waals surface area contributed by atoms with Gasteiger partial charge in [-0.3, -0.25) is 0 Å². The molecule has 4 rings (SSSR count). The normalized spacial score (nSPS) is 11.1. The van der Waals surface area contributed by atoms with E-state index in [2.05, 4.69) is 10.1 Å². The summed E-state index contributed by atoms with van der Waals surface area (Å²) in [6.07, 6.45) is 0. The highest BCUT2D eigenvalue weighted by molar-refractivity contribution is 5.87. The van der Waals surface area contributed by atoms with E-state index < -0.39 is 29.2 Å². The van der Waals surface area contributed by atoms with E-state index in [1.807, 2.05) is 0 Å². The van der Waals surface area contributed by atoms with Gasteiger partial charge in [0.1, 0.15) is 17.3 Å². The van der Waals surface area contributed by atoms with Gasteiger partial charge in [0.25, 0.3) is 0 Å². The molecule has 2 heterocycles. The standard InChI is InChI=1S/C21H14F4N4O3/c1-28(20-11(22)4-3-5-16(20)32-2)18-9-14(10-6-12(23)19(25)13(24)7-10)26-17-8-15(21(30)31)27-29(17)18/h3-9H,1-2H3,(H,30,31). The van der Waals surface area contributed by atoms with Gasteiger partial charge in [0.15, 0.2) is 34.6 Å². The average Bonchev–Trinajstić information content (AvgIpc) is 3.20. The number of carbonyl (C=O) groups is 1. The van der Waals surface area contributed by atoms with Gasteiger partial charge in [0, 0.05) is 24.7 Å². The summed E-state index contributed by atoms with van der Waals surface area (Å²) >= 11 is 0. The molecule has 11 heteroatoms. The lowest BCUT2D eigenvalue weighted by atomic mass is 10.1. The predicted molar refractivity (Wildman–Crippen MR) is 106 cm³/mol. The van der Waals surface area contributed by atoms with Crippen LogP contribution in [0.15, 0.2) is 42.5 Å². The van der Waals surface area contributed by atoms with Gasteiger partial charge in [0.05, 0.1) is 12.8 Å². The third-order valence-corrected chi connectivity index (χ3v) is 4.76. The summed E-state index contributed by atoms with van der Waals surface area (Å²) in [4.78, 5) is 16.9. The Labute approximate surface area is 178 Å². The van der Waals surface area contributed by atoms with Crippen molar-refractivity contribution >= 4 is 23.1 Å². The molecule has 0 atom stereocenters. The molecule has 0 aliphatic heterocycles. The lowest BCUT2D eigenvalue weighted by molar-refractivity contribution is 0.0690. The van der Waals surface area contributed by atoms with Crippen LogP contribution >= 0.6 is 0 Å². The number of fused-ring (bicyclic) bond motifs is 1. The second kappa shape index (κ2) is 7.84. The zero-order chi connectivity index (χ0) is 23.2. The molecule has 1 N–H and O–H groups in total. The summed E-state index contributed by atoms with van der Waals surface area (Å²) < 4.78 is 62.1. The molecule has 0 amide bonds. The molecule has 0 radical (unpaired) electrons. The molecule has 2 aromatic carbocycles. The first-order chi connectivity index (χ1) is 15.2. The van der Waals surface area contributed by atoms with Crippen LogP contribution in [0.4, 0.5) is 29.1 Å². The zero-order valence-electron chi connectivity index (χ0n) is 16.6. The van der Waals surface area contributed by atoms with E-state index in [9.17, 15) is 27.5 Å². The van der Waals surface area contributed by atoms with Crippen molar-refractivity contribution in [3.8, 4) is 17.0 Å². The highest BCUT2D eigenvalue weighted by Crippen LogP contribution is 2.36. The van der Waals surface area contributed by atoms with Gasteiger partial charge in [-0.1, -0.05) is 6.07 Å². The number of anilines is 2. The summed E-state index contributed by atoms with van der Waals surface area (Å²) in [5.74, 6) is -6.20. The van der Waals surface area contributed by atoms with Gasteiger partial charge >= 0.3 is 5.97 Å². The van der Waals surface area contributed by atoms with Crippen molar-refractivity contribution in [2.24, 2.45) is 0 Å². The molecule has 0 fully saturated rings. The Balaban J connectivity index is 2.00. The second-order valence-electron chi connectivity index (χ2n) is 6.71. The largest absolute Gasteiger partial charge is 0.494 e. The first-order valence-electron chi connectivity index (χ1n) is 9.06. The van der Waals surface area contributed by atoms with Crippen molar-refractivity contribution in [1.29, 1.82) is 0 Å². The molecule has 32 heavy (non-hydrogen) atoms. The molecule has 7 nitrogen and oxygen atoms in total. The number of hydrogen-bond donors (Lipinski definition) is 1. The van der Waals surface area contributed by atoms with Crippen LogP contribution in [-0.4, -0.2) is 39.8 Å². The number of carboxylic acid groups (broad SMARTS) is 1. The second-order valence-corrected chi connectivity index (χ2v) is 6.71. The maximum Gasteiger partial charge on any atom is 0.356 e. The smallest absolute Gasteiger partial charge is 0.356 e. The number of rotatable bonds is 5. The number of aromatic nitrogens is 3. The predicted octanol–water partition coefficient (Wildman–Crippen LogP) is 4.43. The fraction of sp³-hybridized carbons (Fsp3) is 0.0952. The Morgan fingerprint density at radius 3 is 2.38 bits per heavy atom. The number of carboxylic acids is 1. The lowest BCUT2D eigenvalue weighted by Gasteiger charge is -2.23. The minimum Gasteiger partial charge on any atom is -0.494 e. The number of aromatic carboxylic acids is 1. The van der Waals surface area contributed by atoms with Crippen LogP contribution in [0.2, 0.25) is 0 Å². The molecule has 0 saturated carbocycles. The van der Waals surface area contributed by atoms with Crippen molar-refractivity contribution in [3.05, 3.63) is 71.4 Å². The fourth-order valence-corrected chi connectivity index (χ4v) is 3.25. The molecule has 0 bridgehead atoms. The van der Waals surface area contributed by atoms with E-state index in [1.165, 1.54) is 43.3 Å². The Bertz CT molecular complexity index is 1350. The molecule has 0 aliphatic rings. The average molecular weight is 446 g/mol. The number of methoxy groups -OCH3 is 1. The van der Waals surface area contributed by atoms with E-state index >= 15 is 0 Å². The van der Waals surface area contributed by atoms with E-state index in [1.54, 1.807) is 0 Å². The Hall–Kier alpha value is -4.15. The first-order valence-corrected chi connectivity index (χ1v) is 9.06. The Morgan fingerprint density at radius 1 is 1.06 bits per heavy atom. The summed E-state index contributed by atoms with van der Waals surface area (Å²) in [5.41, 5.74) is -0.498. The molecular formula is C21H14F4N4O3. The third-order valence-electron chi connectivity index (χ3n) is 4.76. The van der Waals surface area contributed by atoms with Gasteiger partial charge in [-0.15, -0.1) is 0 Å². The van der Waals surface area contributed by atoms with Crippen LogP contribution in [0.25, 0.3) is 16.9 Å². The molecule has 4 aromatic rings. The van der Waals surface area contributed by atoms with Crippen molar-refractivity contribution in [1.82, 2.24) is 14.6 Å². The van der Waals surface area contributed by atoms with E-state index in [0.717, 1.165) is 22.7 Å². The maximum absolute atomic E-state index is 14.7. The molecule has 0 spiro atoms. The quantitative estimate of drug-likeness (QED) is 0.361. The van der Waals surface area contributed by atoms with E-state index in [-0.39, 0.29) is 39.9 Å². The molecule has 0 saturated heterocycles. The number of para-hydroxylation sites is 1. The molecular weight excluding hydrogens is 432 g/mol. The molecule has 2 aromatic heterocycles. The van der Waals surface area contributed by atoms with Gasteiger partial charge in [-0.05, 0) is 24.3 Å². The number of benzene rings is 2. The van der Waals surface area contributed by atoms with Crippen LogP contribution in [-0.2, 0) is 0 Å². The van der Waals surface area contributed by atoms with Crippen LogP contribution < -0.4 is 9.64 Å². The number of nitrogens with zero attached hydrogens (tertiary/aromatic N) is 4. The minimum atomic E-state index is -1.64. The monoisotopic (exact) mass is 446 g/mol. The summed E-state index contributed by atoms with van der Waals surface area (Å²) in [7, 11) is 2.81. The first kappa shape index (κ1) is 21.1. The maximum atomic E-state index is 14.7. The zero-order valence-corrected chi connectivity index (χ0v) is 16.6. The van der Waals surface area contributed by atoms with Crippen molar-refractivity contribution < 1.29 is 32.2 Å². The van der Waals surface area contributed by atoms with Crippen molar-refractivity contribution in [2.45, 2.75) is 0 Å². The van der Waals surface area contributed by atoms with Crippen molar-refractivity contribution in [3.63, 3.8) is 0 Å². The Morgan fingerprint density at radius 2 is 1.75 bits per heavy atom. The Kier molecular flexibility index (Phi) is 5.17. The molecule has 0 aliphatic carbocycles. The summed E-state index contributed by atoms with van der Waals surface area (Å²) in [5, 5.41) is 13.3. The number of ether oxygens (including phenoxy) is 1. The van der Waals surface area contributed by atoms with Gasteiger partial charge < -0.3 is 14.7 Å². The van der Waals surface area contributed by atoms with Gasteiger partial charge in [-0.2, -0.15) is 9.61 Å². The van der Waals surface area contributed by atoms with Gasteiger partial charge in [-0.25, -0.2) is 27.3 Å².